The molecule has 0 bridgehead atoms. The topological polar surface area (TPSA) is 45.1 Å². The number of anilines is 1. The van der Waals surface area contributed by atoms with E-state index in [0.29, 0.717) is 11.1 Å². The highest BCUT2D eigenvalue weighted by molar-refractivity contribution is 6.29. The summed E-state index contributed by atoms with van der Waals surface area (Å²) < 4.78 is 0. The van der Waals surface area contributed by atoms with Crippen LogP contribution in [0.15, 0.2) is 18.3 Å². The van der Waals surface area contributed by atoms with Crippen LogP contribution in [0.2, 0.25) is 5.15 Å². The number of nitrogens with one attached hydrogen (secondary N) is 1. The van der Waals surface area contributed by atoms with E-state index < -0.39 is 0 Å². The quantitative estimate of drug-likeness (QED) is 0.753. The summed E-state index contributed by atoms with van der Waals surface area (Å²) in [6, 6.07) is 3.69. The van der Waals surface area contributed by atoms with Crippen molar-refractivity contribution in [3.8, 4) is 0 Å². The van der Waals surface area contributed by atoms with Gasteiger partial charge in [0, 0.05) is 18.4 Å². The van der Waals surface area contributed by atoms with Gasteiger partial charge in [-0.3, -0.25) is 0 Å². The van der Waals surface area contributed by atoms with Crippen molar-refractivity contribution in [1.29, 1.82) is 0 Å². The van der Waals surface area contributed by atoms with Crippen molar-refractivity contribution in [3.63, 3.8) is 0 Å². The number of aromatic nitrogens is 1. The molecular formula is C10H13ClN2O. The lowest BCUT2D eigenvalue weighted by Gasteiger charge is -2.31. The van der Waals surface area contributed by atoms with Gasteiger partial charge in [-0.1, -0.05) is 11.6 Å². The van der Waals surface area contributed by atoms with E-state index in [1.165, 1.54) is 0 Å². The number of rotatable bonds is 3. The van der Waals surface area contributed by atoms with E-state index in [9.17, 15) is 0 Å². The van der Waals surface area contributed by atoms with Crippen molar-refractivity contribution >= 4 is 17.3 Å². The second-order valence-electron chi connectivity index (χ2n) is 3.74. The molecule has 1 aliphatic rings. The molecule has 1 fully saturated rings. The van der Waals surface area contributed by atoms with Crippen LogP contribution in [-0.4, -0.2) is 22.7 Å². The van der Waals surface area contributed by atoms with Crippen molar-refractivity contribution in [2.75, 3.05) is 11.9 Å². The van der Waals surface area contributed by atoms with E-state index in [2.05, 4.69) is 10.3 Å². The van der Waals surface area contributed by atoms with E-state index in [4.69, 9.17) is 16.7 Å². The zero-order chi connectivity index (χ0) is 9.97. The Bertz CT molecular complexity index is 313. The number of hydrogen-bond donors (Lipinski definition) is 2. The minimum atomic E-state index is -0.0807. The first-order chi connectivity index (χ1) is 6.74. The van der Waals surface area contributed by atoms with Crippen LogP contribution in [0.3, 0.4) is 0 Å². The normalized spacial score (nSPS) is 25.6. The summed E-state index contributed by atoms with van der Waals surface area (Å²) in [5.74, 6) is 0.594. The molecule has 0 spiro atoms. The molecule has 0 aliphatic heterocycles. The number of aliphatic hydroxyl groups excluding tert-OH is 1. The van der Waals surface area contributed by atoms with Crippen LogP contribution in [0.4, 0.5) is 5.69 Å². The van der Waals surface area contributed by atoms with Gasteiger partial charge in [0.15, 0.2) is 0 Å². The molecule has 0 unspecified atom stereocenters. The van der Waals surface area contributed by atoms with Crippen LogP contribution in [0, 0.1) is 5.92 Å². The smallest absolute Gasteiger partial charge is 0.131 e. The molecule has 76 valence electrons. The Hall–Kier alpha value is -0.800. The van der Waals surface area contributed by atoms with Gasteiger partial charge < -0.3 is 10.4 Å². The number of hydrogen-bond acceptors (Lipinski definition) is 3. The Labute approximate surface area is 88.1 Å². The third-order valence-electron chi connectivity index (χ3n) is 2.53. The molecule has 0 radical (unpaired) electrons. The fraction of sp³-hybridized carbons (Fsp3) is 0.500. The Morgan fingerprint density at radius 1 is 1.57 bits per heavy atom. The number of aliphatic hydroxyl groups is 1. The van der Waals surface area contributed by atoms with Crippen molar-refractivity contribution < 1.29 is 5.11 Å². The first-order valence-electron chi connectivity index (χ1n) is 4.77. The summed E-state index contributed by atoms with van der Waals surface area (Å²) >= 11 is 5.74. The van der Waals surface area contributed by atoms with Crippen molar-refractivity contribution in [3.05, 3.63) is 23.5 Å². The van der Waals surface area contributed by atoms with Gasteiger partial charge in [-0.2, -0.15) is 0 Å². The van der Waals surface area contributed by atoms with E-state index in [-0.39, 0.29) is 6.10 Å². The first kappa shape index (κ1) is 9.74. The molecule has 0 amide bonds. The minimum Gasteiger partial charge on any atom is -0.393 e. The Balaban J connectivity index is 1.80. The summed E-state index contributed by atoms with van der Waals surface area (Å²) in [4.78, 5) is 3.90. The number of pyridine rings is 1. The Morgan fingerprint density at radius 2 is 2.36 bits per heavy atom. The SMILES string of the molecule is OC1CC(CNc2ccnc(Cl)c2)C1. The van der Waals surface area contributed by atoms with E-state index >= 15 is 0 Å². The lowest BCUT2D eigenvalue weighted by Crippen LogP contribution is -2.33. The standard InChI is InChI=1S/C10H13ClN2O/c11-10-5-8(1-2-12-10)13-6-7-3-9(14)4-7/h1-2,5,7,9,14H,3-4,6H2,(H,12,13). The van der Waals surface area contributed by atoms with Gasteiger partial charge in [-0.25, -0.2) is 4.98 Å². The van der Waals surface area contributed by atoms with Gasteiger partial charge >= 0.3 is 0 Å². The molecule has 3 nitrogen and oxygen atoms in total. The van der Waals surface area contributed by atoms with Crippen molar-refractivity contribution in [1.82, 2.24) is 4.98 Å². The predicted octanol–water partition coefficient (Wildman–Crippen LogP) is 1.92. The molecular weight excluding hydrogens is 200 g/mol. The van der Waals surface area contributed by atoms with Gasteiger partial charge in [0.05, 0.1) is 6.10 Å². The maximum absolute atomic E-state index is 9.10. The van der Waals surface area contributed by atoms with Crippen LogP contribution in [0.1, 0.15) is 12.8 Å². The van der Waals surface area contributed by atoms with Crippen LogP contribution >= 0.6 is 11.6 Å². The van der Waals surface area contributed by atoms with E-state index in [1.54, 1.807) is 12.3 Å². The van der Waals surface area contributed by atoms with Gasteiger partial charge in [0.2, 0.25) is 0 Å². The molecule has 0 saturated heterocycles. The average molecular weight is 213 g/mol. The van der Waals surface area contributed by atoms with Gasteiger partial charge in [0.25, 0.3) is 0 Å². The molecule has 0 atom stereocenters. The van der Waals surface area contributed by atoms with Crippen molar-refractivity contribution in [2.24, 2.45) is 5.92 Å². The monoisotopic (exact) mass is 212 g/mol. The molecule has 2 N–H and O–H groups in total. The lowest BCUT2D eigenvalue weighted by atomic mass is 9.82. The zero-order valence-corrected chi connectivity index (χ0v) is 8.54. The molecule has 2 rings (SSSR count). The van der Waals surface area contributed by atoms with Crippen LogP contribution in [-0.2, 0) is 0 Å². The number of halogens is 1. The summed E-state index contributed by atoms with van der Waals surface area (Å²) in [7, 11) is 0. The van der Waals surface area contributed by atoms with Crippen LogP contribution in [0.5, 0.6) is 0 Å². The highest BCUT2D eigenvalue weighted by Gasteiger charge is 2.26. The molecule has 1 aromatic heterocycles. The second-order valence-corrected chi connectivity index (χ2v) is 4.13. The van der Waals surface area contributed by atoms with Crippen molar-refractivity contribution in [2.45, 2.75) is 18.9 Å². The third kappa shape index (κ3) is 2.36. The molecule has 1 aromatic rings. The highest BCUT2D eigenvalue weighted by Crippen LogP contribution is 2.27. The van der Waals surface area contributed by atoms with Gasteiger partial charge in [-0.15, -0.1) is 0 Å². The predicted molar refractivity (Wildman–Crippen MR) is 56.5 cm³/mol. The number of nitrogens with zero attached hydrogens (tertiary/aromatic N) is 1. The maximum Gasteiger partial charge on any atom is 0.131 e. The summed E-state index contributed by atoms with van der Waals surface area (Å²) in [6.45, 7) is 0.900. The summed E-state index contributed by atoms with van der Waals surface area (Å²) in [6.07, 6.45) is 3.42. The third-order valence-corrected chi connectivity index (χ3v) is 2.74. The zero-order valence-electron chi connectivity index (χ0n) is 7.78. The molecule has 0 aromatic carbocycles. The average Bonchev–Trinajstić information content (AvgIpc) is 2.11. The fourth-order valence-electron chi connectivity index (χ4n) is 1.64. The molecule has 4 heteroatoms. The summed E-state index contributed by atoms with van der Waals surface area (Å²) in [5, 5.41) is 12.9. The molecule has 14 heavy (non-hydrogen) atoms. The van der Waals surface area contributed by atoms with E-state index in [1.807, 2.05) is 6.07 Å². The summed E-state index contributed by atoms with van der Waals surface area (Å²) in [5.41, 5.74) is 0.992. The minimum absolute atomic E-state index is 0.0807. The van der Waals surface area contributed by atoms with Gasteiger partial charge in [0.1, 0.15) is 5.15 Å². The first-order valence-corrected chi connectivity index (χ1v) is 5.15. The van der Waals surface area contributed by atoms with Crippen LogP contribution < -0.4 is 5.32 Å². The second kappa shape index (κ2) is 4.15. The molecule has 1 heterocycles. The van der Waals surface area contributed by atoms with Gasteiger partial charge in [-0.05, 0) is 30.9 Å². The highest BCUT2D eigenvalue weighted by atomic mass is 35.5. The lowest BCUT2D eigenvalue weighted by molar-refractivity contribution is 0.0487. The molecule has 1 aliphatic carbocycles. The largest absolute Gasteiger partial charge is 0.393 e. The fourth-order valence-corrected chi connectivity index (χ4v) is 1.82. The van der Waals surface area contributed by atoms with E-state index in [0.717, 1.165) is 25.1 Å². The van der Waals surface area contributed by atoms with Crippen LogP contribution in [0.25, 0.3) is 0 Å². The molecule has 1 saturated carbocycles. The Kier molecular flexibility index (Phi) is 2.89. The Morgan fingerprint density at radius 3 is 3.00 bits per heavy atom. The maximum atomic E-state index is 9.10.